The summed E-state index contributed by atoms with van der Waals surface area (Å²) in [6.07, 6.45) is 1.98. The number of aromatic nitrogens is 1. The minimum Gasteiger partial charge on any atom is -0.244 e. The number of benzene rings is 1. The van der Waals surface area contributed by atoms with E-state index in [0.29, 0.717) is 6.42 Å². The van der Waals surface area contributed by atoms with Crippen molar-refractivity contribution < 1.29 is 8.42 Å². The fourth-order valence-corrected chi connectivity index (χ4v) is 3.10. The Balaban J connectivity index is 2.07. The Morgan fingerprint density at radius 3 is 2.81 bits per heavy atom. The summed E-state index contributed by atoms with van der Waals surface area (Å²) in [5.74, 6) is 0. The maximum Gasteiger partial charge on any atom is 0.243 e. The van der Waals surface area contributed by atoms with Crippen LogP contribution < -0.4 is 4.72 Å². The van der Waals surface area contributed by atoms with Gasteiger partial charge in [0.2, 0.25) is 10.0 Å². The van der Waals surface area contributed by atoms with E-state index in [4.69, 9.17) is 5.26 Å². The average Bonchev–Trinajstić information content (AvgIpc) is 2.47. The first-order valence-corrected chi connectivity index (χ1v) is 7.91. The highest BCUT2D eigenvalue weighted by atomic mass is 32.2. The highest BCUT2D eigenvalue weighted by molar-refractivity contribution is 7.89. The van der Waals surface area contributed by atoms with E-state index in [1.54, 1.807) is 6.07 Å². The Morgan fingerprint density at radius 2 is 2.10 bits per heavy atom. The molecule has 0 atom stereocenters. The number of hydrogen-bond donors (Lipinski definition) is 1. The molecule has 0 aliphatic rings. The minimum atomic E-state index is -3.72. The predicted molar refractivity (Wildman–Crippen MR) is 79.0 cm³/mol. The van der Waals surface area contributed by atoms with Crippen molar-refractivity contribution in [3.63, 3.8) is 0 Å². The van der Waals surface area contributed by atoms with Gasteiger partial charge in [0.05, 0.1) is 0 Å². The van der Waals surface area contributed by atoms with E-state index in [9.17, 15) is 8.42 Å². The first kappa shape index (κ1) is 15.2. The predicted octanol–water partition coefficient (Wildman–Crippen LogP) is 1.78. The maximum atomic E-state index is 12.2. The molecule has 2 aromatic rings. The van der Waals surface area contributed by atoms with E-state index in [2.05, 4.69) is 9.71 Å². The normalized spacial score (nSPS) is 11.0. The van der Waals surface area contributed by atoms with Gasteiger partial charge >= 0.3 is 0 Å². The lowest BCUT2D eigenvalue weighted by Crippen LogP contribution is -2.27. The molecule has 6 heteroatoms. The molecule has 0 saturated heterocycles. The molecule has 0 aliphatic heterocycles. The third kappa shape index (κ3) is 3.88. The Kier molecular flexibility index (Phi) is 4.68. The quantitative estimate of drug-likeness (QED) is 0.912. The largest absolute Gasteiger partial charge is 0.244 e. The van der Waals surface area contributed by atoms with Crippen LogP contribution in [0.2, 0.25) is 0 Å². The number of nitrogens with one attached hydrogen (secondary N) is 1. The van der Waals surface area contributed by atoms with Crippen LogP contribution in [-0.4, -0.2) is 19.9 Å². The number of sulfonamides is 1. The molecule has 1 aromatic carbocycles. The summed E-state index contributed by atoms with van der Waals surface area (Å²) in [6.45, 7) is 2.26. The van der Waals surface area contributed by atoms with Crippen molar-refractivity contribution in [2.45, 2.75) is 18.2 Å². The van der Waals surface area contributed by atoms with Crippen LogP contribution in [0.15, 0.2) is 47.5 Å². The lowest BCUT2D eigenvalue weighted by Gasteiger charge is -2.08. The van der Waals surface area contributed by atoms with Gasteiger partial charge in [0.1, 0.15) is 11.0 Å². The molecule has 1 aromatic heterocycles. The second-order valence-electron chi connectivity index (χ2n) is 4.60. The molecule has 5 nitrogen and oxygen atoms in total. The number of rotatable bonds is 5. The molecule has 1 N–H and O–H groups in total. The summed E-state index contributed by atoms with van der Waals surface area (Å²) in [5.41, 5.74) is 2.10. The van der Waals surface area contributed by atoms with Crippen LogP contribution in [0.25, 0.3) is 0 Å². The number of nitriles is 1. The van der Waals surface area contributed by atoms with Gasteiger partial charge < -0.3 is 0 Å². The van der Waals surface area contributed by atoms with Crippen molar-refractivity contribution >= 4 is 10.0 Å². The van der Waals surface area contributed by atoms with E-state index in [-0.39, 0.29) is 17.1 Å². The molecule has 1 heterocycles. The van der Waals surface area contributed by atoms with Gasteiger partial charge in [-0.05, 0) is 31.0 Å². The molecule has 0 fully saturated rings. The Morgan fingerprint density at radius 1 is 1.29 bits per heavy atom. The molecule has 0 amide bonds. The highest BCUT2D eigenvalue weighted by Gasteiger charge is 2.18. The lowest BCUT2D eigenvalue weighted by molar-refractivity contribution is 0.581. The lowest BCUT2D eigenvalue weighted by atomic mass is 10.1. The number of hydrogen-bond acceptors (Lipinski definition) is 4. The Labute approximate surface area is 124 Å². The molecule has 0 spiro atoms. The molecule has 2 rings (SSSR count). The third-order valence-corrected chi connectivity index (χ3v) is 4.45. The van der Waals surface area contributed by atoms with Crippen molar-refractivity contribution in [1.82, 2.24) is 9.71 Å². The number of nitrogens with zero attached hydrogens (tertiary/aromatic N) is 2. The van der Waals surface area contributed by atoms with Gasteiger partial charge in [-0.1, -0.05) is 29.8 Å². The molecule has 0 radical (unpaired) electrons. The van der Waals surface area contributed by atoms with E-state index in [1.165, 1.54) is 18.3 Å². The van der Waals surface area contributed by atoms with Crippen LogP contribution in [0.1, 0.15) is 16.8 Å². The van der Waals surface area contributed by atoms with Crippen molar-refractivity contribution in [2.75, 3.05) is 6.54 Å². The SMILES string of the molecule is Cc1cccc(CCNS(=O)(=O)c2cccnc2C#N)c1. The van der Waals surface area contributed by atoms with E-state index in [0.717, 1.165) is 11.1 Å². The van der Waals surface area contributed by atoms with Gasteiger partial charge in [-0.2, -0.15) is 5.26 Å². The third-order valence-electron chi connectivity index (χ3n) is 2.95. The van der Waals surface area contributed by atoms with Crippen LogP contribution in [-0.2, 0) is 16.4 Å². The van der Waals surface area contributed by atoms with Crippen LogP contribution >= 0.6 is 0 Å². The van der Waals surface area contributed by atoms with Crippen molar-refractivity contribution in [3.05, 3.63) is 59.4 Å². The van der Waals surface area contributed by atoms with E-state index >= 15 is 0 Å². The molecular formula is C15H15N3O2S. The van der Waals surface area contributed by atoms with E-state index < -0.39 is 10.0 Å². The monoisotopic (exact) mass is 301 g/mol. The Bertz CT molecular complexity index is 780. The summed E-state index contributed by atoms with van der Waals surface area (Å²) >= 11 is 0. The van der Waals surface area contributed by atoms with Crippen LogP contribution in [0.5, 0.6) is 0 Å². The van der Waals surface area contributed by atoms with Crippen LogP contribution in [0.4, 0.5) is 0 Å². The fourth-order valence-electron chi connectivity index (χ4n) is 1.97. The summed E-state index contributed by atoms with van der Waals surface area (Å²) in [4.78, 5) is 3.67. The average molecular weight is 301 g/mol. The zero-order valence-electron chi connectivity index (χ0n) is 11.6. The zero-order chi connectivity index (χ0) is 15.3. The zero-order valence-corrected chi connectivity index (χ0v) is 12.4. The molecular weight excluding hydrogens is 286 g/mol. The van der Waals surface area contributed by atoms with E-state index in [1.807, 2.05) is 31.2 Å². The maximum absolute atomic E-state index is 12.2. The van der Waals surface area contributed by atoms with Gasteiger partial charge in [-0.25, -0.2) is 18.1 Å². The molecule has 21 heavy (non-hydrogen) atoms. The molecule has 0 unspecified atom stereocenters. The van der Waals surface area contributed by atoms with Crippen LogP contribution in [0, 0.1) is 18.3 Å². The van der Waals surface area contributed by atoms with Gasteiger partial charge in [0.25, 0.3) is 0 Å². The van der Waals surface area contributed by atoms with Crippen molar-refractivity contribution in [1.29, 1.82) is 5.26 Å². The second-order valence-corrected chi connectivity index (χ2v) is 6.33. The highest BCUT2D eigenvalue weighted by Crippen LogP contribution is 2.12. The number of aryl methyl sites for hydroxylation is 1. The summed E-state index contributed by atoms with van der Waals surface area (Å²) in [6, 6.07) is 12.5. The van der Waals surface area contributed by atoms with Crippen molar-refractivity contribution in [3.8, 4) is 6.07 Å². The summed E-state index contributed by atoms with van der Waals surface area (Å²) in [7, 11) is -3.72. The smallest absolute Gasteiger partial charge is 0.243 e. The summed E-state index contributed by atoms with van der Waals surface area (Å²) in [5, 5.41) is 8.91. The van der Waals surface area contributed by atoms with Crippen molar-refractivity contribution in [2.24, 2.45) is 0 Å². The minimum absolute atomic E-state index is 0.0863. The van der Waals surface area contributed by atoms with Gasteiger partial charge in [0, 0.05) is 12.7 Å². The fraction of sp³-hybridized carbons (Fsp3) is 0.200. The summed E-state index contributed by atoms with van der Waals surface area (Å²) < 4.78 is 26.8. The van der Waals surface area contributed by atoms with Crippen LogP contribution in [0.3, 0.4) is 0 Å². The van der Waals surface area contributed by atoms with Gasteiger partial charge in [-0.15, -0.1) is 0 Å². The molecule has 0 bridgehead atoms. The standard InChI is InChI=1S/C15H15N3O2S/c1-12-4-2-5-13(10-12)7-9-18-21(19,20)15-6-3-8-17-14(15)11-16/h2-6,8,10,18H,7,9H2,1H3. The number of pyridine rings is 1. The molecule has 0 aliphatic carbocycles. The first-order valence-electron chi connectivity index (χ1n) is 6.43. The Hall–Kier alpha value is -2.23. The topological polar surface area (TPSA) is 82.8 Å². The van der Waals surface area contributed by atoms with Gasteiger partial charge in [-0.3, -0.25) is 0 Å². The second kappa shape index (κ2) is 6.48. The first-order chi connectivity index (χ1) is 10.0. The molecule has 0 saturated carbocycles. The molecule has 108 valence electrons. The van der Waals surface area contributed by atoms with Gasteiger partial charge in [0.15, 0.2) is 5.69 Å².